The van der Waals surface area contributed by atoms with Crippen molar-refractivity contribution in [2.24, 2.45) is 16.3 Å². The lowest BCUT2D eigenvalue weighted by Gasteiger charge is -2.60. The van der Waals surface area contributed by atoms with Crippen molar-refractivity contribution in [2.75, 3.05) is 37.6 Å². The zero-order valence-corrected chi connectivity index (χ0v) is 37.7. The molecule has 0 radical (unpaired) electrons. The minimum Gasteiger partial charge on any atom is -0.478 e. The molecule has 0 bridgehead atoms. The maximum Gasteiger partial charge on any atom is 0.335 e. The number of benzene rings is 4. The molecule has 2 aromatic heterocycles. The maximum atomic E-state index is 11.9. The second-order valence-electron chi connectivity index (χ2n) is 19.2. The molecular formula is C54H56N6O2S. The van der Waals surface area contributed by atoms with E-state index >= 15 is 0 Å². The molecule has 3 fully saturated rings. The molecule has 9 heteroatoms. The number of thiophene rings is 1. The van der Waals surface area contributed by atoms with Crippen LogP contribution in [0.3, 0.4) is 0 Å². The number of allylic oxidation sites excluding steroid dienone is 1. The molecule has 4 aromatic carbocycles. The predicted molar refractivity (Wildman–Crippen MR) is 255 cm³/mol. The van der Waals surface area contributed by atoms with Gasteiger partial charge in [0.1, 0.15) is 16.9 Å². The van der Waals surface area contributed by atoms with Crippen molar-refractivity contribution in [1.82, 2.24) is 19.7 Å². The second kappa shape index (κ2) is 15.9. The summed E-state index contributed by atoms with van der Waals surface area (Å²) in [5, 5.41) is 19.9. The highest BCUT2D eigenvalue weighted by Gasteiger charge is 2.52. The summed E-state index contributed by atoms with van der Waals surface area (Å²) < 4.78 is 2.21. The van der Waals surface area contributed by atoms with Crippen molar-refractivity contribution >= 4 is 39.9 Å². The molecule has 1 atom stereocenters. The van der Waals surface area contributed by atoms with Gasteiger partial charge in [-0.1, -0.05) is 72.8 Å². The Hall–Kier alpha value is -5.64. The number of hydrogen-bond donors (Lipinski definition) is 1. The van der Waals surface area contributed by atoms with E-state index in [2.05, 4.69) is 124 Å². The summed E-state index contributed by atoms with van der Waals surface area (Å²) in [5.41, 5.74) is 15.7. The summed E-state index contributed by atoms with van der Waals surface area (Å²) in [6, 6.07) is 34.9. The standard InChI is InChI=1S/C54H56N6O2S/c1-33-35(3)63-52-48(33)50(55-34(2)51-57-56-36(4)60(51)52)42-17-20-45(21-18-42)59-31-54(32-59)28-37(29-54)30-58-25-23-39(24-26-58)38-13-15-41(16-14-38)49-46(40-9-6-5-7-10-40)12-8-11-43-27-44(53(61)62)19-22-47(43)49/h5-7,9-10,13-22,27,34,37,39H,8,11-12,23-26,28-32H2,1-4H3,(H,61,62)/t34-/m0/s1. The highest BCUT2D eigenvalue weighted by atomic mass is 32.1. The topological polar surface area (TPSA) is 86.8 Å². The average molecular weight is 853 g/mol. The van der Waals surface area contributed by atoms with E-state index < -0.39 is 5.97 Å². The number of fused-ring (bicyclic) bond motifs is 4. The fourth-order valence-electron chi connectivity index (χ4n) is 11.7. The van der Waals surface area contributed by atoms with Crippen LogP contribution in [-0.2, 0) is 6.42 Å². The second-order valence-corrected chi connectivity index (χ2v) is 20.4. The first-order valence-corrected chi connectivity index (χ1v) is 23.9. The number of nitrogens with zero attached hydrogens (tertiary/aromatic N) is 6. The quantitative estimate of drug-likeness (QED) is 0.164. The third-order valence-electron chi connectivity index (χ3n) is 15.0. The Balaban J connectivity index is 0.700. The number of anilines is 1. The predicted octanol–water partition coefficient (Wildman–Crippen LogP) is 11.3. The van der Waals surface area contributed by atoms with Gasteiger partial charge in [-0.3, -0.25) is 9.56 Å². The lowest BCUT2D eigenvalue weighted by Crippen LogP contribution is -2.63. The number of aromatic carboxylic acids is 1. The monoisotopic (exact) mass is 852 g/mol. The van der Waals surface area contributed by atoms with Crippen LogP contribution >= 0.6 is 11.3 Å². The highest BCUT2D eigenvalue weighted by molar-refractivity contribution is 7.15. The van der Waals surface area contributed by atoms with Crippen molar-refractivity contribution in [3.63, 3.8) is 0 Å². The molecule has 0 amide bonds. The molecule has 5 heterocycles. The minimum absolute atomic E-state index is 0.0745. The number of likely N-dealkylation sites (tertiary alicyclic amines) is 1. The van der Waals surface area contributed by atoms with E-state index in [1.165, 1.54) is 111 Å². The van der Waals surface area contributed by atoms with Gasteiger partial charge in [-0.15, -0.1) is 21.5 Å². The van der Waals surface area contributed by atoms with Gasteiger partial charge in [-0.05, 0) is 166 Å². The van der Waals surface area contributed by atoms with Crippen LogP contribution in [-0.4, -0.2) is 69.2 Å². The fourth-order valence-corrected chi connectivity index (χ4v) is 12.9. The summed E-state index contributed by atoms with van der Waals surface area (Å²) in [6.07, 6.45) is 7.95. The van der Waals surface area contributed by atoms with Gasteiger partial charge in [0.15, 0.2) is 5.82 Å². The number of rotatable bonds is 8. The smallest absolute Gasteiger partial charge is 0.335 e. The first-order chi connectivity index (χ1) is 30.6. The Morgan fingerprint density at radius 2 is 1.57 bits per heavy atom. The number of aryl methyl sites for hydroxylation is 3. The van der Waals surface area contributed by atoms with Crippen molar-refractivity contribution in [3.05, 3.63) is 164 Å². The van der Waals surface area contributed by atoms with Crippen molar-refractivity contribution < 1.29 is 9.90 Å². The lowest BCUT2D eigenvalue weighted by molar-refractivity contribution is 0.000268. The molecule has 6 aromatic rings. The minimum atomic E-state index is -0.866. The SMILES string of the molecule is Cc1sc2c(c1C)C(c1ccc(N3CC4(CC(CN5CCC(c6ccc(C7=C(c8ccccc8)CCCc8cc(C(=O)O)ccc87)cc6)CC5)C4)C3)cc1)=N[C@@H](C)c1nnc(C)n1-2. The van der Waals surface area contributed by atoms with Crippen LogP contribution in [0.5, 0.6) is 0 Å². The van der Waals surface area contributed by atoms with Crippen LogP contribution in [0.4, 0.5) is 5.69 Å². The number of carboxylic acids is 1. The van der Waals surface area contributed by atoms with Gasteiger partial charge in [0.25, 0.3) is 0 Å². The number of aromatic nitrogens is 3. The summed E-state index contributed by atoms with van der Waals surface area (Å²) >= 11 is 1.81. The highest BCUT2D eigenvalue weighted by Crippen LogP contribution is 2.53. The molecule has 2 aliphatic carbocycles. The fraction of sp³-hybridized carbons (Fsp3) is 0.370. The molecule has 1 spiro atoms. The molecule has 8 nitrogen and oxygen atoms in total. The van der Waals surface area contributed by atoms with Gasteiger partial charge in [0, 0.05) is 46.7 Å². The summed E-state index contributed by atoms with van der Waals surface area (Å²) in [5.74, 6) is 2.35. The van der Waals surface area contributed by atoms with Crippen LogP contribution in [0.15, 0.2) is 102 Å². The molecule has 11 rings (SSSR count). The number of carbonyl (C=O) groups is 1. The van der Waals surface area contributed by atoms with Gasteiger partial charge < -0.3 is 14.9 Å². The van der Waals surface area contributed by atoms with Crippen molar-refractivity contribution in [2.45, 2.75) is 84.6 Å². The number of carboxylic acid groups (broad SMARTS) is 1. The van der Waals surface area contributed by atoms with Crippen LogP contribution in [0.25, 0.3) is 16.1 Å². The molecule has 320 valence electrons. The summed E-state index contributed by atoms with van der Waals surface area (Å²) in [7, 11) is 0. The molecule has 63 heavy (non-hydrogen) atoms. The van der Waals surface area contributed by atoms with Crippen molar-refractivity contribution in [3.8, 4) is 5.00 Å². The van der Waals surface area contributed by atoms with Gasteiger partial charge in [0.05, 0.1) is 11.3 Å². The zero-order valence-electron chi connectivity index (χ0n) is 36.9. The van der Waals surface area contributed by atoms with Crippen LogP contribution in [0, 0.1) is 32.1 Å². The number of hydrogen-bond acceptors (Lipinski definition) is 7. The molecule has 2 saturated heterocycles. The van der Waals surface area contributed by atoms with Gasteiger partial charge in [-0.25, -0.2) is 4.79 Å². The van der Waals surface area contributed by atoms with E-state index in [4.69, 9.17) is 4.99 Å². The zero-order chi connectivity index (χ0) is 43.0. The van der Waals surface area contributed by atoms with Gasteiger partial charge in [-0.2, -0.15) is 0 Å². The van der Waals surface area contributed by atoms with Gasteiger partial charge >= 0.3 is 5.97 Å². The third kappa shape index (κ3) is 7.17. The normalized spacial score (nSPS) is 20.0. The van der Waals surface area contributed by atoms with Gasteiger partial charge in [0.2, 0.25) is 0 Å². The first-order valence-electron chi connectivity index (χ1n) is 23.0. The molecule has 1 N–H and O–H groups in total. The Morgan fingerprint density at radius 1 is 0.841 bits per heavy atom. The lowest BCUT2D eigenvalue weighted by atomic mass is 9.57. The van der Waals surface area contributed by atoms with E-state index in [0.717, 1.165) is 61.2 Å². The molecule has 0 unspecified atom stereocenters. The van der Waals surface area contributed by atoms with E-state index in [9.17, 15) is 9.90 Å². The Labute approximate surface area is 375 Å². The molecule has 1 saturated carbocycles. The number of piperidine rings is 1. The maximum absolute atomic E-state index is 11.9. The largest absolute Gasteiger partial charge is 0.478 e. The summed E-state index contributed by atoms with van der Waals surface area (Å²) in [4.78, 5) is 23.8. The molecule has 5 aliphatic rings. The number of aliphatic imine (C=N–C) groups is 1. The molecular weight excluding hydrogens is 797 g/mol. The van der Waals surface area contributed by atoms with E-state index in [0.29, 0.717) is 16.9 Å². The summed E-state index contributed by atoms with van der Waals surface area (Å²) in [6.45, 7) is 14.5. The third-order valence-corrected chi connectivity index (χ3v) is 16.2. The average Bonchev–Trinajstić information content (AvgIpc) is 3.68. The van der Waals surface area contributed by atoms with Crippen LogP contribution < -0.4 is 4.90 Å². The first kappa shape index (κ1) is 40.2. The Morgan fingerprint density at radius 3 is 2.30 bits per heavy atom. The van der Waals surface area contributed by atoms with Crippen molar-refractivity contribution in [1.29, 1.82) is 0 Å². The molecule has 3 aliphatic heterocycles. The van der Waals surface area contributed by atoms with E-state index in [1.807, 2.05) is 30.4 Å². The van der Waals surface area contributed by atoms with Crippen LogP contribution in [0.2, 0.25) is 0 Å². The van der Waals surface area contributed by atoms with Crippen LogP contribution in [0.1, 0.15) is 129 Å². The van der Waals surface area contributed by atoms with E-state index in [1.54, 1.807) is 6.07 Å². The van der Waals surface area contributed by atoms with E-state index in [-0.39, 0.29) is 6.04 Å². The Kier molecular flexibility index (Phi) is 10.1. The Bertz CT molecular complexity index is 2780.